The molecule has 28 heavy (non-hydrogen) atoms. The minimum absolute atomic E-state index is 0.306. The van der Waals surface area contributed by atoms with Gasteiger partial charge < -0.3 is 0 Å². The Labute approximate surface area is 163 Å². The van der Waals surface area contributed by atoms with Gasteiger partial charge in [0.2, 0.25) is 5.78 Å². The molecule has 5 aromatic rings. The van der Waals surface area contributed by atoms with Gasteiger partial charge in [0.15, 0.2) is 11.2 Å². The molecule has 3 heterocycles. The molecule has 0 aliphatic heterocycles. The highest BCUT2D eigenvalue weighted by Crippen LogP contribution is 2.31. The topological polar surface area (TPSA) is 77.1 Å². The number of fused-ring (bicyclic) bond motifs is 3. The van der Waals surface area contributed by atoms with E-state index < -0.39 is 11.2 Å². The molecular weight excluding hydrogens is 378 g/mol. The maximum atomic E-state index is 12.5. The van der Waals surface area contributed by atoms with Gasteiger partial charge in [-0.25, -0.2) is 4.79 Å². The number of nitrogens with zero attached hydrogens (tertiary/aromatic N) is 4. The van der Waals surface area contributed by atoms with E-state index in [0.29, 0.717) is 22.0 Å². The second-order valence-electron chi connectivity index (χ2n) is 6.44. The Balaban J connectivity index is 2.00. The predicted molar refractivity (Wildman–Crippen MR) is 108 cm³/mol. The summed E-state index contributed by atoms with van der Waals surface area (Å²) in [4.78, 5) is 31.4. The van der Waals surface area contributed by atoms with E-state index >= 15 is 0 Å². The van der Waals surface area contributed by atoms with Crippen molar-refractivity contribution in [2.45, 2.75) is 0 Å². The van der Waals surface area contributed by atoms with Crippen LogP contribution in [0.15, 0.2) is 70.4 Å². The van der Waals surface area contributed by atoms with E-state index in [4.69, 9.17) is 11.6 Å². The number of hydrogen-bond acceptors (Lipinski definition) is 3. The molecular formula is C20H14ClN5O2. The van der Waals surface area contributed by atoms with Crippen molar-refractivity contribution in [2.75, 3.05) is 0 Å². The summed E-state index contributed by atoms with van der Waals surface area (Å²) >= 11 is 6.48. The minimum atomic E-state index is -0.508. The molecule has 0 saturated heterocycles. The van der Waals surface area contributed by atoms with Gasteiger partial charge in [0, 0.05) is 18.8 Å². The molecule has 2 aromatic carbocycles. The van der Waals surface area contributed by atoms with Crippen molar-refractivity contribution in [3.05, 3.63) is 86.7 Å². The highest BCUT2D eigenvalue weighted by Gasteiger charge is 2.21. The number of imidazole rings is 2. The van der Waals surface area contributed by atoms with Crippen molar-refractivity contribution in [3.63, 3.8) is 0 Å². The summed E-state index contributed by atoms with van der Waals surface area (Å²) in [6.45, 7) is 0. The highest BCUT2D eigenvalue weighted by molar-refractivity contribution is 6.32. The third-order valence-electron chi connectivity index (χ3n) is 4.79. The molecule has 138 valence electrons. The number of rotatable bonds is 2. The number of nitrogens with one attached hydrogen (secondary N) is 1. The van der Waals surface area contributed by atoms with E-state index in [9.17, 15) is 9.59 Å². The van der Waals surface area contributed by atoms with Crippen molar-refractivity contribution < 1.29 is 0 Å². The molecule has 1 N–H and O–H groups in total. The van der Waals surface area contributed by atoms with Gasteiger partial charge in [0.25, 0.3) is 5.56 Å². The number of aromatic amines is 1. The SMILES string of the molecule is Cn1c(=O)[nH]c(=O)c2c1nc1n(-c3ccccc3Cl)c(-c3ccccc3)cn21. The van der Waals surface area contributed by atoms with Gasteiger partial charge in [0.05, 0.1) is 16.4 Å². The molecule has 5 rings (SSSR count). The molecule has 7 nitrogen and oxygen atoms in total. The van der Waals surface area contributed by atoms with E-state index in [-0.39, 0.29) is 0 Å². The quantitative estimate of drug-likeness (QED) is 0.502. The van der Waals surface area contributed by atoms with Crippen LogP contribution in [0, 0.1) is 0 Å². The highest BCUT2D eigenvalue weighted by atomic mass is 35.5. The lowest BCUT2D eigenvalue weighted by Crippen LogP contribution is -2.28. The standard InChI is InChI=1S/C20H14ClN5O2/c1-24-17-16(18(27)23-20(24)28)25-11-15(12-7-3-2-4-8-12)26(19(25)22-17)14-10-6-5-9-13(14)21/h2-11H,1H3,(H,23,27,28). The summed E-state index contributed by atoms with van der Waals surface area (Å²) in [7, 11) is 1.57. The lowest BCUT2D eigenvalue weighted by atomic mass is 10.1. The van der Waals surface area contributed by atoms with Crippen molar-refractivity contribution in [2.24, 2.45) is 7.05 Å². The lowest BCUT2D eigenvalue weighted by molar-refractivity contribution is 0.831. The fourth-order valence-electron chi connectivity index (χ4n) is 3.44. The first-order chi connectivity index (χ1) is 13.6. The number of aryl methyl sites for hydroxylation is 1. The van der Waals surface area contributed by atoms with E-state index in [1.807, 2.05) is 59.3 Å². The van der Waals surface area contributed by atoms with E-state index in [1.165, 1.54) is 4.57 Å². The van der Waals surface area contributed by atoms with Crippen molar-refractivity contribution >= 4 is 28.5 Å². The molecule has 0 radical (unpaired) electrons. The zero-order valence-electron chi connectivity index (χ0n) is 14.8. The average Bonchev–Trinajstić information content (AvgIpc) is 3.24. The lowest BCUT2D eigenvalue weighted by Gasteiger charge is -2.10. The zero-order valence-corrected chi connectivity index (χ0v) is 15.5. The Morgan fingerprint density at radius 1 is 1.00 bits per heavy atom. The Morgan fingerprint density at radius 3 is 2.46 bits per heavy atom. The van der Waals surface area contributed by atoms with Crippen molar-refractivity contribution in [1.82, 2.24) is 23.5 Å². The van der Waals surface area contributed by atoms with Crippen LogP contribution in [-0.4, -0.2) is 23.5 Å². The second kappa shape index (κ2) is 5.97. The molecule has 0 aliphatic rings. The number of halogens is 1. The Kier molecular flexibility index (Phi) is 3.53. The van der Waals surface area contributed by atoms with Crippen LogP contribution >= 0.6 is 11.6 Å². The summed E-state index contributed by atoms with van der Waals surface area (Å²) in [6, 6.07) is 17.2. The zero-order chi connectivity index (χ0) is 19.4. The van der Waals surface area contributed by atoms with Gasteiger partial charge in [-0.1, -0.05) is 54.1 Å². The van der Waals surface area contributed by atoms with E-state index in [2.05, 4.69) is 9.97 Å². The molecule has 0 bridgehead atoms. The fourth-order valence-corrected chi connectivity index (χ4v) is 3.66. The van der Waals surface area contributed by atoms with Crippen LogP contribution in [0.3, 0.4) is 0 Å². The first-order valence-electron chi connectivity index (χ1n) is 8.59. The van der Waals surface area contributed by atoms with E-state index in [0.717, 1.165) is 16.9 Å². The van der Waals surface area contributed by atoms with Gasteiger partial charge in [-0.2, -0.15) is 4.98 Å². The summed E-state index contributed by atoms with van der Waals surface area (Å²) < 4.78 is 4.91. The van der Waals surface area contributed by atoms with Gasteiger partial charge >= 0.3 is 5.69 Å². The summed E-state index contributed by atoms with van der Waals surface area (Å²) in [5, 5.41) is 0.549. The first-order valence-corrected chi connectivity index (χ1v) is 8.97. The molecule has 3 aromatic heterocycles. The molecule has 0 unspecified atom stereocenters. The minimum Gasteiger partial charge on any atom is -0.279 e. The third kappa shape index (κ3) is 2.26. The summed E-state index contributed by atoms with van der Waals surface area (Å²) in [5.41, 5.74) is 2.13. The molecule has 8 heteroatoms. The monoisotopic (exact) mass is 391 g/mol. The Hall–Kier alpha value is -3.58. The normalized spacial score (nSPS) is 11.5. The molecule has 0 amide bonds. The van der Waals surface area contributed by atoms with Crippen LogP contribution in [-0.2, 0) is 7.05 Å². The molecule has 0 aliphatic carbocycles. The van der Waals surface area contributed by atoms with Crippen LogP contribution < -0.4 is 11.2 Å². The number of benzene rings is 2. The maximum absolute atomic E-state index is 12.5. The summed E-state index contributed by atoms with van der Waals surface area (Å²) in [6.07, 6.45) is 1.84. The number of para-hydroxylation sites is 1. The second-order valence-corrected chi connectivity index (χ2v) is 6.85. The Morgan fingerprint density at radius 2 is 1.71 bits per heavy atom. The number of H-pyrrole nitrogens is 1. The van der Waals surface area contributed by atoms with Crippen LogP contribution in [0.5, 0.6) is 0 Å². The largest absolute Gasteiger partial charge is 0.329 e. The van der Waals surface area contributed by atoms with Gasteiger partial charge in [0.1, 0.15) is 0 Å². The molecule has 0 fully saturated rings. The number of aromatic nitrogens is 5. The van der Waals surface area contributed by atoms with Crippen molar-refractivity contribution in [3.8, 4) is 16.9 Å². The Bertz CT molecular complexity index is 1470. The number of hydrogen-bond donors (Lipinski definition) is 1. The van der Waals surface area contributed by atoms with Crippen LogP contribution in [0.1, 0.15) is 0 Å². The van der Waals surface area contributed by atoms with Crippen LogP contribution in [0.2, 0.25) is 5.02 Å². The maximum Gasteiger partial charge on any atom is 0.329 e. The fraction of sp³-hybridized carbons (Fsp3) is 0.0500. The van der Waals surface area contributed by atoms with Gasteiger partial charge in [-0.05, 0) is 12.1 Å². The van der Waals surface area contributed by atoms with Crippen molar-refractivity contribution in [1.29, 1.82) is 0 Å². The van der Waals surface area contributed by atoms with Gasteiger partial charge in [-0.3, -0.25) is 23.3 Å². The average molecular weight is 392 g/mol. The molecule has 0 spiro atoms. The van der Waals surface area contributed by atoms with Crippen LogP contribution in [0.4, 0.5) is 0 Å². The smallest absolute Gasteiger partial charge is 0.279 e. The molecule has 0 saturated carbocycles. The van der Waals surface area contributed by atoms with E-state index in [1.54, 1.807) is 17.5 Å². The van der Waals surface area contributed by atoms with Crippen LogP contribution in [0.25, 0.3) is 33.9 Å². The summed E-state index contributed by atoms with van der Waals surface area (Å²) in [5.74, 6) is 0.494. The first kappa shape index (κ1) is 16.6. The predicted octanol–water partition coefficient (Wildman–Crippen LogP) is 2.99. The van der Waals surface area contributed by atoms with Gasteiger partial charge in [-0.15, -0.1) is 0 Å². The third-order valence-corrected chi connectivity index (χ3v) is 5.11. The molecule has 0 atom stereocenters.